The van der Waals surface area contributed by atoms with E-state index >= 15 is 0 Å². The normalized spacial score (nSPS) is 10.5. The molecule has 0 atom stereocenters. The summed E-state index contributed by atoms with van der Waals surface area (Å²) in [7, 11) is 0. The highest BCUT2D eigenvalue weighted by Crippen LogP contribution is 2.23. The molecule has 2 N–H and O–H groups in total. The largest absolute Gasteiger partial charge is 0.370 e. The van der Waals surface area contributed by atoms with Crippen LogP contribution >= 0.6 is 0 Å². The third kappa shape index (κ3) is 4.32. The van der Waals surface area contributed by atoms with Crippen LogP contribution < -0.4 is 10.6 Å². The Balaban J connectivity index is 1.65. The third-order valence-electron chi connectivity index (χ3n) is 4.06. The van der Waals surface area contributed by atoms with Gasteiger partial charge in [0, 0.05) is 18.3 Å². The van der Waals surface area contributed by atoms with Gasteiger partial charge in [0.05, 0.1) is 0 Å². The van der Waals surface area contributed by atoms with Gasteiger partial charge in [-0.3, -0.25) is 0 Å². The number of nitrogens with zero attached hydrogens (tertiary/aromatic N) is 2. The molecule has 1 aromatic heterocycles. The zero-order valence-electron chi connectivity index (χ0n) is 14.4. The first-order valence-corrected chi connectivity index (χ1v) is 8.26. The molecule has 0 unspecified atom stereocenters. The summed E-state index contributed by atoms with van der Waals surface area (Å²) in [4.78, 5) is 8.50. The first-order valence-electron chi connectivity index (χ1n) is 8.26. The Hall–Kier alpha value is -2.95. The van der Waals surface area contributed by atoms with Crippen LogP contribution in [0.4, 0.5) is 21.7 Å². The summed E-state index contributed by atoms with van der Waals surface area (Å²) >= 11 is 0. The molecule has 3 aromatic rings. The van der Waals surface area contributed by atoms with Crippen molar-refractivity contribution in [2.45, 2.75) is 20.3 Å². The van der Waals surface area contributed by atoms with E-state index in [-0.39, 0.29) is 5.82 Å². The molecule has 0 radical (unpaired) electrons. The lowest BCUT2D eigenvalue weighted by Gasteiger charge is -2.13. The second-order valence-electron chi connectivity index (χ2n) is 5.95. The molecule has 0 aliphatic rings. The number of anilines is 3. The van der Waals surface area contributed by atoms with Gasteiger partial charge in [0.25, 0.3) is 0 Å². The minimum atomic E-state index is -0.177. The van der Waals surface area contributed by atoms with Gasteiger partial charge in [-0.2, -0.15) is 0 Å². The van der Waals surface area contributed by atoms with Crippen LogP contribution in [0, 0.1) is 19.7 Å². The average Bonchev–Trinajstić information content (AvgIpc) is 2.60. The number of para-hydroxylation sites is 1. The number of hydrogen-bond donors (Lipinski definition) is 2. The van der Waals surface area contributed by atoms with Crippen LogP contribution in [0.25, 0.3) is 0 Å². The summed E-state index contributed by atoms with van der Waals surface area (Å²) < 4.78 is 13.6. The van der Waals surface area contributed by atoms with Gasteiger partial charge in [-0.15, -0.1) is 0 Å². The van der Waals surface area contributed by atoms with E-state index in [1.54, 1.807) is 12.1 Å². The van der Waals surface area contributed by atoms with Crippen molar-refractivity contribution in [1.29, 1.82) is 0 Å². The fourth-order valence-electron chi connectivity index (χ4n) is 2.69. The number of halogens is 1. The van der Waals surface area contributed by atoms with Crippen molar-refractivity contribution in [3.05, 3.63) is 77.4 Å². The fourth-order valence-corrected chi connectivity index (χ4v) is 2.69. The number of hydrogen-bond acceptors (Lipinski definition) is 4. The maximum absolute atomic E-state index is 13.6. The molecule has 2 aromatic carbocycles. The Morgan fingerprint density at radius 2 is 1.64 bits per heavy atom. The van der Waals surface area contributed by atoms with Crippen LogP contribution in [0.1, 0.15) is 16.7 Å². The predicted molar refractivity (Wildman–Crippen MR) is 99.8 cm³/mol. The molecule has 0 spiro atoms. The molecule has 0 saturated carbocycles. The van der Waals surface area contributed by atoms with E-state index in [0.29, 0.717) is 24.3 Å². The Morgan fingerprint density at radius 1 is 0.920 bits per heavy atom. The van der Waals surface area contributed by atoms with Gasteiger partial charge in [0.15, 0.2) is 0 Å². The second-order valence-corrected chi connectivity index (χ2v) is 5.95. The Morgan fingerprint density at radius 3 is 2.40 bits per heavy atom. The highest BCUT2D eigenvalue weighted by Gasteiger charge is 2.05. The van der Waals surface area contributed by atoms with Crippen molar-refractivity contribution < 1.29 is 4.39 Å². The molecule has 0 aliphatic heterocycles. The van der Waals surface area contributed by atoms with E-state index in [1.165, 1.54) is 12.4 Å². The first-order chi connectivity index (χ1) is 12.1. The maximum Gasteiger partial charge on any atom is 0.135 e. The van der Waals surface area contributed by atoms with E-state index in [1.807, 2.05) is 18.2 Å². The van der Waals surface area contributed by atoms with Crippen LogP contribution in [-0.2, 0) is 6.42 Å². The SMILES string of the molecule is Cc1cccc(C)c1Nc1cc(NCCc2ccccc2F)ncn1. The predicted octanol–water partition coefficient (Wildman–Crippen LogP) is 4.63. The molecular weight excluding hydrogens is 315 g/mol. The molecule has 0 saturated heterocycles. The van der Waals surface area contributed by atoms with E-state index in [0.717, 1.165) is 22.6 Å². The molecule has 0 aliphatic carbocycles. The van der Waals surface area contributed by atoms with Gasteiger partial charge in [0.2, 0.25) is 0 Å². The topological polar surface area (TPSA) is 49.8 Å². The van der Waals surface area contributed by atoms with Gasteiger partial charge in [-0.25, -0.2) is 14.4 Å². The van der Waals surface area contributed by atoms with Gasteiger partial charge in [0.1, 0.15) is 23.8 Å². The molecule has 1 heterocycles. The van der Waals surface area contributed by atoms with E-state index in [9.17, 15) is 4.39 Å². The van der Waals surface area contributed by atoms with Crippen molar-refractivity contribution in [2.24, 2.45) is 0 Å². The summed E-state index contributed by atoms with van der Waals surface area (Å²) in [5, 5.41) is 6.56. The van der Waals surface area contributed by atoms with Crippen LogP contribution in [0.2, 0.25) is 0 Å². The quantitative estimate of drug-likeness (QED) is 0.689. The van der Waals surface area contributed by atoms with E-state index < -0.39 is 0 Å². The fraction of sp³-hybridized carbons (Fsp3) is 0.200. The van der Waals surface area contributed by atoms with E-state index in [2.05, 4.69) is 46.6 Å². The Labute approximate surface area is 147 Å². The summed E-state index contributed by atoms with van der Waals surface area (Å²) in [5.41, 5.74) is 4.07. The molecule has 25 heavy (non-hydrogen) atoms. The molecule has 5 heteroatoms. The number of nitrogens with one attached hydrogen (secondary N) is 2. The number of aromatic nitrogens is 2. The average molecular weight is 336 g/mol. The Bertz CT molecular complexity index is 844. The first kappa shape index (κ1) is 16.9. The molecule has 128 valence electrons. The summed E-state index contributed by atoms with van der Waals surface area (Å²) in [6.45, 7) is 4.72. The molecule has 4 nitrogen and oxygen atoms in total. The van der Waals surface area contributed by atoms with Crippen LogP contribution in [0.15, 0.2) is 54.9 Å². The molecular formula is C20H21FN4. The van der Waals surface area contributed by atoms with Crippen molar-refractivity contribution in [2.75, 3.05) is 17.2 Å². The highest BCUT2D eigenvalue weighted by atomic mass is 19.1. The van der Waals surface area contributed by atoms with Gasteiger partial charge in [-0.05, 0) is 43.0 Å². The standard InChI is InChI=1S/C20H21FN4/c1-14-6-5-7-15(2)20(14)25-19-12-18(23-13-24-19)22-11-10-16-8-3-4-9-17(16)21/h3-9,12-13H,10-11H2,1-2H3,(H2,22,23,24,25). The van der Waals surface area contributed by atoms with Gasteiger partial charge >= 0.3 is 0 Å². The zero-order valence-corrected chi connectivity index (χ0v) is 14.4. The van der Waals surface area contributed by atoms with Crippen molar-refractivity contribution in [3.63, 3.8) is 0 Å². The second kappa shape index (κ2) is 7.75. The maximum atomic E-state index is 13.6. The summed E-state index contributed by atoms with van der Waals surface area (Å²) in [5.74, 6) is 1.25. The van der Waals surface area contributed by atoms with Gasteiger partial charge in [-0.1, -0.05) is 36.4 Å². The molecule has 0 amide bonds. The monoisotopic (exact) mass is 336 g/mol. The molecule has 3 rings (SSSR count). The lowest BCUT2D eigenvalue weighted by molar-refractivity contribution is 0.610. The minimum absolute atomic E-state index is 0.177. The number of benzene rings is 2. The Kier molecular flexibility index (Phi) is 5.23. The lowest BCUT2D eigenvalue weighted by atomic mass is 10.1. The smallest absolute Gasteiger partial charge is 0.135 e. The van der Waals surface area contributed by atoms with Crippen molar-refractivity contribution in [3.8, 4) is 0 Å². The summed E-state index contributed by atoms with van der Waals surface area (Å²) in [6.07, 6.45) is 2.11. The van der Waals surface area contributed by atoms with Gasteiger partial charge < -0.3 is 10.6 Å². The number of aryl methyl sites for hydroxylation is 2. The zero-order chi connectivity index (χ0) is 17.6. The van der Waals surface area contributed by atoms with E-state index in [4.69, 9.17) is 0 Å². The van der Waals surface area contributed by atoms with Crippen molar-refractivity contribution >= 4 is 17.3 Å². The van der Waals surface area contributed by atoms with Crippen LogP contribution in [0.3, 0.4) is 0 Å². The number of rotatable bonds is 6. The molecule has 0 bridgehead atoms. The third-order valence-corrected chi connectivity index (χ3v) is 4.06. The van der Waals surface area contributed by atoms with Crippen LogP contribution in [0.5, 0.6) is 0 Å². The lowest BCUT2D eigenvalue weighted by Crippen LogP contribution is -2.08. The minimum Gasteiger partial charge on any atom is -0.370 e. The van der Waals surface area contributed by atoms with Crippen molar-refractivity contribution in [1.82, 2.24) is 9.97 Å². The highest BCUT2D eigenvalue weighted by molar-refractivity contribution is 5.65. The summed E-state index contributed by atoms with van der Waals surface area (Å²) in [6, 6.07) is 14.8. The van der Waals surface area contributed by atoms with Crippen LogP contribution in [-0.4, -0.2) is 16.5 Å². The molecule has 0 fully saturated rings.